The van der Waals surface area contributed by atoms with Crippen LogP contribution in [-0.2, 0) is 6.54 Å². The summed E-state index contributed by atoms with van der Waals surface area (Å²) in [6.07, 6.45) is 2.63. The highest BCUT2D eigenvalue weighted by Crippen LogP contribution is 2.31. The molecule has 1 saturated heterocycles. The van der Waals surface area contributed by atoms with Crippen molar-refractivity contribution in [3.63, 3.8) is 0 Å². The number of hydrogen-bond acceptors (Lipinski definition) is 2. The maximum Gasteiger partial charge on any atom is 0.124 e. The number of phenolic OH excluding ortho intramolecular Hbond substituents is 1. The topological polar surface area (TPSA) is 28.4 Å². The van der Waals surface area contributed by atoms with Crippen LogP contribution in [0.4, 0.5) is 0 Å². The van der Waals surface area contributed by atoms with Gasteiger partial charge in [0.1, 0.15) is 5.75 Å². The lowest BCUT2D eigenvalue weighted by Crippen LogP contribution is -2.21. The van der Waals surface area contributed by atoms with Crippen molar-refractivity contribution in [2.75, 3.05) is 13.1 Å². The van der Waals surface area contributed by atoms with Gasteiger partial charge in [0, 0.05) is 23.7 Å². The lowest BCUT2D eigenvalue weighted by Gasteiger charge is -2.19. The number of nitrogens with zero attached hydrogens (tertiary/aromatic N) is 2. The predicted octanol–water partition coefficient (Wildman–Crippen LogP) is 3.52. The molecule has 1 aromatic carbocycles. The molecular weight excluding hydrogens is 236 g/mol. The van der Waals surface area contributed by atoms with Crippen LogP contribution in [0.15, 0.2) is 24.3 Å². The van der Waals surface area contributed by atoms with Gasteiger partial charge in [0.2, 0.25) is 0 Å². The van der Waals surface area contributed by atoms with E-state index >= 15 is 0 Å². The van der Waals surface area contributed by atoms with Gasteiger partial charge in [-0.05, 0) is 58.0 Å². The summed E-state index contributed by atoms with van der Waals surface area (Å²) in [7, 11) is 0. The zero-order valence-electron chi connectivity index (χ0n) is 11.8. The van der Waals surface area contributed by atoms with Crippen LogP contribution in [0.25, 0.3) is 10.9 Å². The predicted molar refractivity (Wildman–Crippen MR) is 78.5 cm³/mol. The molecule has 1 fully saturated rings. The number of aromatic nitrogens is 1. The zero-order chi connectivity index (χ0) is 13.4. The summed E-state index contributed by atoms with van der Waals surface area (Å²) in [5.74, 6) is 0.388. The molecule has 2 aromatic rings. The van der Waals surface area contributed by atoms with E-state index in [4.69, 9.17) is 0 Å². The van der Waals surface area contributed by atoms with Crippen LogP contribution in [0, 0.1) is 0 Å². The molecule has 0 saturated carbocycles. The van der Waals surface area contributed by atoms with Crippen molar-refractivity contribution in [3.8, 4) is 5.75 Å². The van der Waals surface area contributed by atoms with Crippen molar-refractivity contribution in [2.45, 2.75) is 39.3 Å². The quantitative estimate of drug-likeness (QED) is 0.912. The van der Waals surface area contributed by atoms with Crippen LogP contribution in [0.3, 0.4) is 0 Å². The molecule has 102 valence electrons. The third-order valence-electron chi connectivity index (χ3n) is 4.04. The van der Waals surface area contributed by atoms with Crippen molar-refractivity contribution in [1.82, 2.24) is 9.47 Å². The van der Waals surface area contributed by atoms with E-state index in [-0.39, 0.29) is 0 Å². The van der Waals surface area contributed by atoms with Gasteiger partial charge < -0.3 is 9.67 Å². The second-order valence-electron chi connectivity index (χ2n) is 5.79. The third-order valence-corrected chi connectivity index (χ3v) is 4.04. The first-order chi connectivity index (χ1) is 9.16. The van der Waals surface area contributed by atoms with Gasteiger partial charge >= 0.3 is 0 Å². The monoisotopic (exact) mass is 258 g/mol. The van der Waals surface area contributed by atoms with E-state index < -0.39 is 0 Å². The van der Waals surface area contributed by atoms with E-state index in [0.29, 0.717) is 11.8 Å². The Morgan fingerprint density at radius 3 is 2.63 bits per heavy atom. The van der Waals surface area contributed by atoms with Gasteiger partial charge in [-0.1, -0.05) is 6.07 Å². The first kappa shape index (κ1) is 12.5. The molecule has 1 N–H and O–H groups in total. The molecule has 3 rings (SSSR count). The van der Waals surface area contributed by atoms with Gasteiger partial charge in [0.05, 0.1) is 5.52 Å². The molecular formula is C16H22N2O. The highest BCUT2D eigenvalue weighted by atomic mass is 16.3. The summed E-state index contributed by atoms with van der Waals surface area (Å²) in [4.78, 5) is 2.50. The van der Waals surface area contributed by atoms with Gasteiger partial charge in [0.25, 0.3) is 0 Å². The van der Waals surface area contributed by atoms with Crippen LogP contribution >= 0.6 is 0 Å². The van der Waals surface area contributed by atoms with E-state index in [1.165, 1.54) is 31.6 Å². The Labute approximate surface area is 114 Å². The van der Waals surface area contributed by atoms with Crippen LogP contribution in [0.1, 0.15) is 38.4 Å². The van der Waals surface area contributed by atoms with Crippen molar-refractivity contribution in [2.24, 2.45) is 0 Å². The molecule has 2 heterocycles. The van der Waals surface area contributed by atoms with Gasteiger partial charge in [-0.25, -0.2) is 0 Å². The molecule has 0 bridgehead atoms. The zero-order valence-corrected chi connectivity index (χ0v) is 11.8. The van der Waals surface area contributed by atoms with Gasteiger partial charge in [-0.15, -0.1) is 0 Å². The van der Waals surface area contributed by atoms with E-state index in [2.05, 4.69) is 35.4 Å². The highest BCUT2D eigenvalue weighted by Gasteiger charge is 2.18. The first-order valence-corrected chi connectivity index (χ1v) is 7.21. The summed E-state index contributed by atoms with van der Waals surface area (Å²) in [5, 5.41) is 11.0. The Morgan fingerprint density at radius 2 is 1.95 bits per heavy atom. The Kier molecular flexibility index (Phi) is 3.23. The fourth-order valence-electron chi connectivity index (χ4n) is 3.19. The second kappa shape index (κ2) is 4.89. The molecule has 0 spiro atoms. The van der Waals surface area contributed by atoms with Crippen molar-refractivity contribution in [1.29, 1.82) is 0 Å². The Hall–Kier alpha value is -1.48. The van der Waals surface area contributed by atoms with Crippen LogP contribution in [0.2, 0.25) is 0 Å². The van der Waals surface area contributed by atoms with Crippen LogP contribution < -0.4 is 0 Å². The molecule has 0 amide bonds. The lowest BCUT2D eigenvalue weighted by molar-refractivity contribution is 0.319. The SMILES string of the molecule is CC(C)n1c(CN2CCCC2)cc2c(O)cccc21. The van der Waals surface area contributed by atoms with Gasteiger partial charge in [-0.3, -0.25) is 4.90 Å². The van der Waals surface area contributed by atoms with E-state index in [1.54, 1.807) is 6.07 Å². The standard InChI is InChI=1S/C16H22N2O/c1-12(2)18-13(11-17-8-3-4-9-17)10-14-15(18)6-5-7-16(14)19/h5-7,10,12,19H,3-4,8-9,11H2,1-2H3. The number of rotatable bonds is 3. The molecule has 0 radical (unpaired) electrons. The molecule has 1 aliphatic rings. The summed E-state index contributed by atoms with van der Waals surface area (Å²) >= 11 is 0. The van der Waals surface area contributed by atoms with Crippen molar-refractivity contribution < 1.29 is 5.11 Å². The minimum Gasteiger partial charge on any atom is -0.507 e. The summed E-state index contributed by atoms with van der Waals surface area (Å²) in [6, 6.07) is 8.37. The smallest absolute Gasteiger partial charge is 0.124 e. The second-order valence-corrected chi connectivity index (χ2v) is 5.79. The number of likely N-dealkylation sites (tertiary alicyclic amines) is 1. The summed E-state index contributed by atoms with van der Waals surface area (Å²) in [5.41, 5.74) is 2.46. The molecule has 3 nitrogen and oxygen atoms in total. The Bertz CT molecular complexity index is 580. The summed E-state index contributed by atoms with van der Waals surface area (Å²) < 4.78 is 2.35. The molecule has 3 heteroatoms. The summed E-state index contributed by atoms with van der Waals surface area (Å²) in [6.45, 7) is 7.80. The Morgan fingerprint density at radius 1 is 1.21 bits per heavy atom. The lowest BCUT2D eigenvalue weighted by atomic mass is 10.2. The van der Waals surface area contributed by atoms with E-state index in [0.717, 1.165) is 17.4 Å². The molecule has 0 unspecified atom stereocenters. The minimum absolute atomic E-state index is 0.388. The number of hydrogen-bond donors (Lipinski definition) is 1. The molecule has 19 heavy (non-hydrogen) atoms. The normalized spacial score (nSPS) is 16.8. The Balaban J connectivity index is 2.06. The van der Waals surface area contributed by atoms with Crippen molar-refractivity contribution in [3.05, 3.63) is 30.0 Å². The molecule has 0 atom stereocenters. The first-order valence-electron chi connectivity index (χ1n) is 7.21. The minimum atomic E-state index is 0.388. The van der Waals surface area contributed by atoms with E-state index in [9.17, 15) is 5.11 Å². The van der Waals surface area contributed by atoms with Gasteiger partial charge in [-0.2, -0.15) is 0 Å². The number of fused-ring (bicyclic) bond motifs is 1. The van der Waals surface area contributed by atoms with Crippen molar-refractivity contribution >= 4 is 10.9 Å². The fraction of sp³-hybridized carbons (Fsp3) is 0.500. The fourth-order valence-corrected chi connectivity index (χ4v) is 3.19. The maximum absolute atomic E-state index is 10.0. The third kappa shape index (κ3) is 2.23. The number of benzene rings is 1. The van der Waals surface area contributed by atoms with Crippen LogP contribution in [-0.4, -0.2) is 27.7 Å². The number of phenols is 1. The molecule has 1 aliphatic heterocycles. The highest BCUT2D eigenvalue weighted by molar-refractivity contribution is 5.87. The van der Waals surface area contributed by atoms with Gasteiger partial charge in [0.15, 0.2) is 0 Å². The molecule has 0 aliphatic carbocycles. The van der Waals surface area contributed by atoms with E-state index in [1.807, 2.05) is 6.07 Å². The maximum atomic E-state index is 10.0. The largest absolute Gasteiger partial charge is 0.507 e. The van der Waals surface area contributed by atoms with Crippen LogP contribution in [0.5, 0.6) is 5.75 Å². The average Bonchev–Trinajstić information content (AvgIpc) is 2.97. The average molecular weight is 258 g/mol. The molecule has 1 aromatic heterocycles. The number of aromatic hydroxyl groups is 1.